The van der Waals surface area contributed by atoms with E-state index >= 15 is 0 Å². The zero-order valence-corrected chi connectivity index (χ0v) is 10.1. The Bertz CT molecular complexity index is 446. The second kappa shape index (κ2) is 4.63. The van der Waals surface area contributed by atoms with Gasteiger partial charge in [0.25, 0.3) is 0 Å². The maximum atomic E-state index is 13.8. The summed E-state index contributed by atoms with van der Waals surface area (Å²) in [6, 6.07) is 4.44. The molecule has 1 saturated carbocycles. The average molecular weight is 257 g/mol. The van der Waals surface area contributed by atoms with Gasteiger partial charge in [0.1, 0.15) is 5.82 Å². The molecule has 17 heavy (non-hydrogen) atoms. The number of nitrogens with two attached hydrogens (primary N) is 1. The highest BCUT2D eigenvalue weighted by molar-refractivity contribution is 6.30. The lowest BCUT2D eigenvalue weighted by atomic mass is 9.94. The summed E-state index contributed by atoms with van der Waals surface area (Å²) in [5.41, 5.74) is 5.05. The SMILES string of the molecule is NCCNC(=O)C1(c2ccc(Cl)cc2F)CC1. The lowest BCUT2D eigenvalue weighted by Crippen LogP contribution is -2.38. The molecule has 1 aliphatic rings. The third-order valence-electron chi connectivity index (χ3n) is 3.06. The average Bonchev–Trinajstić information content (AvgIpc) is 3.07. The van der Waals surface area contributed by atoms with Gasteiger partial charge in [0, 0.05) is 23.7 Å². The van der Waals surface area contributed by atoms with Gasteiger partial charge in [-0.15, -0.1) is 0 Å². The number of hydrogen-bond acceptors (Lipinski definition) is 2. The predicted octanol–water partition coefficient (Wildman–Crippen LogP) is 1.59. The van der Waals surface area contributed by atoms with Crippen LogP contribution in [0.5, 0.6) is 0 Å². The zero-order chi connectivity index (χ0) is 12.5. The van der Waals surface area contributed by atoms with Crippen LogP contribution in [0.4, 0.5) is 4.39 Å². The molecule has 1 aromatic rings. The number of halogens is 2. The molecule has 0 aromatic heterocycles. The molecule has 0 bridgehead atoms. The number of nitrogens with one attached hydrogen (secondary N) is 1. The van der Waals surface area contributed by atoms with Crippen molar-refractivity contribution in [3.8, 4) is 0 Å². The van der Waals surface area contributed by atoms with Crippen LogP contribution in [-0.2, 0) is 10.2 Å². The summed E-state index contributed by atoms with van der Waals surface area (Å²) in [6.45, 7) is 0.792. The molecule has 2 rings (SSSR count). The van der Waals surface area contributed by atoms with Gasteiger partial charge in [0.05, 0.1) is 5.41 Å². The van der Waals surface area contributed by atoms with Crippen LogP contribution in [0.25, 0.3) is 0 Å². The molecule has 0 spiro atoms. The molecule has 0 unspecified atom stereocenters. The smallest absolute Gasteiger partial charge is 0.230 e. The first-order chi connectivity index (χ1) is 8.10. The van der Waals surface area contributed by atoms with Gasteiger partial charge < -0.3 is 11.1 Å². The summed E-state index contributed by atoms with van der Waals surface area (Å²) in [7, 11) is 0. The standard InChI is InChI=1S/C12H14ClFN2O/c13-8-1-2-9(10(14)7-8)12(3-4-12)11(17)16-6-5-15/h1-2,7H,3-6,15H2,(H,16,17). The minimum atomic E-state index is -0.705. The normalized spacial score (nSPS) is 16.6. The van der Waals surface area contributed by atoms with Crippen LogP contribution in [0.3, 0.4) is 0 Å². The van der Waals surface area contributed by atoms with Gasteiger partial charge in [-0.3, -0.25) is 4.79 Å². The number of carbonyl (C=O) groups excluding carboxylic acids is 1. The van der Waals surface area contributed by atoms with Crippen LogP contribution >= 0.6 is 11.6 Å². The second-order valence-corrected chi connectivity index (χ2v) is 4.69. The Morgan fingerprint density at radius 3 is 2.76 bits per heavy atom. The van der Waals surface area contributed by atoms with Gasteiger partial charge in [0.2, 0.25) is 5.91 Å². The fourth-order valence-corrected chi connectivity index (χ4v) is 2.13. The van der Waals surface area contributed by atoms with Crippen molar-refractivity contribution in [2.24, 2.45) is 5.73 Å². The van der Waals surface area contributed by atoms with Crippen LogP contribution in [0.2, 0.25) is 5.02 Å². The maximum Gasteiger partial charge on any atom is 0.230 e. The van der Waals surface area contributed by atoms with Gasteiger partial charge in [-0.25, -0.2) is 4.39 Å². The van der Waals surface area contributed by atoms with Crippen LogP contribution in [0.1, 0.15) is 18.4 Å². The minimum absolute atomic E-state index is 0.149. The number of hydrogen-bond donors (Lipinski definition) is 2. The highest BCUT2D eigenvalue weighted by Crippen LogP contribution is 2.49. The minimum Gasteiger partial charge on any atom is -0.354 e. The monoisotopic (exact) mass is 256 g/mol. The van der Waals surface area contributed by atoms with Crippen molar-refractivity contribution in [3.05, 3.63) is 34.6 Å². The molecule has 0 saturated heterocycles. The van der Waals surface area contributed by atoms with Crippen LogP contribution in [-0.4, -0.2) is 19.0 Å². The Morgan fingerprint density at radius 2 is 2.24 bits per heavy atom. The Kier molecular flexibility index (Phi) is 3.35. The summed E-state index contributed by atoms with van der Waals surface area (Å²) in [6.07, 6.45) is 1.34. The largest absolute Gasteiger partial charge is 0.354 e. The summed E-state index contributed by atoms with van der Waals surface area (Å²) in [4.78, 5) is 12.0. The highest BCUT2D eigenvalue weighted by atomic mass is 35.5. The van der Waals surface area contributed by atoms with E-state index in [1.165, 1.54) is 6.07 Å². The molecular weight excluding hydrogens is 243 g/mol. The lowest BCUT2D eigenvalue weighted by Gasteiger charge is -2.16. The number of amides is 1. The van der Waals surface area contributed by atoms with Crippen molar-refractivity contribution in [3.63, 3.8) is 0 Å². The van der Waals surface area contributed by atoms with E-state index in [9.17, 15) is 9.18 Å². The van der Waals surface area contributed by atoms with Gasteiger partial charge in [-0.1, -0.05) is 17.7 Å². The van der Waals surface area contributed by atoms with E-state index in [2.05, 4.69) is 5.32 Å². The van der Waals surface area contributed by atoms with Crippen molar-refractivity contribution in [1.82, 2.24) is 5.32 Å². The van der Waals surface area contributed by atoms with Crippen molar-refractivity contribution in [1.29, 1.82) is 0 Å². The Morgan fingerprint density at radius 1 is 1.53 bits per heavy atom. The quantitative estimate of drug-likeness (QED) is 0.860. The van der Waals surface area contributed by atoms with Crippen molar-refractivity contribution < 1.29 is 9.18 Å². The second-order valence-electron chi connectivity index (χ2n) is 4.25. The Balaban J connectivity index is 2.23. The third kappa shape index (κ3) is 2.28. The van der Waals surface area contributed by atoms with Crippen molar-refractivity contribution in [2.45, 2.75) is 18.3 Å². The summed E-state index contributed by atoms with van der Waals surface area (Å²) < 4.78 is 13.8. The molecule has 1 aromatic carbocycles. The van der Waals surface area contributed by atoms with Crippen LogP contribution in [0.15, 0.2) is 18.2 Å². The van der Waals surface area contributed by atoms with Gasteiger partial charge >= 0.3 is 0 Å². The fraction of sp³-hybridized carbons (Fsp3) is 0.417. The topological polar surface area (TPSA) is 55.1 Å². The van der Waals surface area contributed by atoms with E-state index in [0.717, 1.165) is 0 Å². The van der Waals surface area contributed by atoms with E-state index in [4.69, 9.17) is 17.3 Å². The molecular formula is C12H14ClFN2O. The molecule has 1 amide bonds. The van der Waals surface area contributed by atoms with Crippen molar-refractivity contribution >= 4 is 17.5 Å². The van der Waals surface area contributed by atoms with Crippen molar-refractivity contribution in [2.75, 3.05) is 13.1 Å². The molecule has 0 atom stereocenters. The molecule has 0 heterocycles. The van der Waals surface area contributed by atoms with E-state index in [-0.39, 0.29) is 5.91 Å². The Labute approximate surface area is 104 Å². The zero-order valence-electron chi connectivity index (χ0n) is 9.30. The summed E-state index contributed by atoms with van der Waals surface area (Å²) in [5, 5.41) is 3.05. The fourth-order valence-electron chi connectivity index (χ4n) is 1.98. The maximum absolute atomic E-state index is 13.8. The molecule has 0 aliphatic heterocycles. The van der Waals surface area contributed by atoms with E-state index in [0.29, 0.717) is 36.5 Å². The first kappa shape index (κ1) is 12.3. The first-order valence-electron chi connectivity index (χ1n) is 5.54. The molecule has 5 heteroatoms. The molecule has 92 valence electrons. The van der Waals surface area contributed by atoms with Gasteiger partial charge in [0.15, 0.2) is 0 Å². The molecule has 0 radical (unpaired) electrons. The first-order valence-corrected chi connectivity index (χ1v) is 5.92. The summed E-state index contributed by atoms with van der Waals surface area (Å²) >= 11 is 5.69. The van der Waals surface area contributed by atoms with Gasteiger partial charge in [-0.05, 0) is 25.0 Å². The van der Waals surface area contributed by atoms with E-state index in [1.807, 2.05) is 0 Å². The number of benzene rings is 1. The molecule has 3 N–H and O–H groups in total. The Hall–Kier alpha value is -1.13. The van der Waals surface area contributed by atoms with E-state index < -0.39 is 11.2 Å². The predicted molar refractivity (Wildman–Crippen MR) is 64.4 cm³/mol. The number of rotatable bonds is 4. The molecule has 3 nitrogen and oxygen atoms in total. The van der Waals surface area contributed by atoms with E-state index in [1.54, 1.807) is 12.1 Å². The van der Waals surface area contributed by atoms with Crippen LogP contribution < -0.4 is 11.1 Å². The van der Waals surface area contributed by atoms with Gasteiger partial charge in [-0.2, -0.15) is 0 Å². The summed E-state index contributed by atoms with van der Waals surface area (Å²) in [5.74, 6) is -0.568. The lowest BCUT2D eigenvalue weighted by molar-refractivity contribution is -0.123. The molecule has 1 fully saturated rings. The number of carbonyl (C=O) groups is 1. The van der Waals surface area contributed by atoms with Crippen LogP contribution in [0, 0.1) is 5.82 Å². The third-order valence-corrected chi connectivity index (χ3v) is 3.30. The highest BCUT2D eigenvalue weighted by Gasteiger charge is 2.52. The molecule has 1 aliphatic carbocycles.